The highest BCUT2D eigenvalue weighted by Gasteiger charge is 2.40. The Hall–Kier alpha value is -10.6. The smallest absolute Gasteiger partial charge is 0.324 e. The molecule has 0 bridgehead atoms. The highest BCUT2D eigenvalue weighted by molar-refractivity contribution is 7.94. The molecule has 0 atom stereocenters. The minimum Gasteiger partial charge on any atom is -0.508 e. The second-order valence-electron chi connectivity index (χ2n) is 37.8. The molecule has 0 saturated heterocycles. The summed E-state index contributed by atoms with van der Waals surface area (Å²) in [6.07, 6.45) is 8.45. The lowest BCUT2D eigenvalue weighted by Crippen LogP contribution is -2.44. The summed E-state index contributed by atoms with van der Waals surface area (Å²) in [5.41, 5.74) is 28.4. The predicted molar refractivity (Wildman–Crippen MR) is 488 cm³/mol. The van der Waals surface area contributed by atoms with Gasteiger partial charge in [0.05, 0.1) is 67.6 Å². The van der Waals surface area contributed by atoms with Gasteiger partial charge in [-0.05, 0) is 90.9 Å². The number of aromatic hydroxyl groups is 1. The summed E-state index contributed by atoms with van der Waals surface area (Å²) in [5.74, 6) is 0.613. The van der Waals surface area contributed by atoms with Gasteiger partial charge in [-0.2, -0.15) is 27.0 Å². The van der Waals surface area contributed by atoms with Crippen LogP contribution in [0, 0.1) is 12.7 Å². The third kappa shape index (κ3) is 27.5. The van der Waals surface area contributed by atoms with E-state index in [1.54, 1.807) is 24.4 Å². The molecule has 0 radical (unpaired) electrons. The van der Waals surface area contributed by atoms with Gasteiger partial charge in [0.1, 0.15) is 23.6 Å². The van der Waals surface area contributed by atoms with Gasteiger partial charge < -0.3 is 27.3 Å². The number of para-hydroxylation sites is 4. The number of fused-ring (bicyclic) bond motifs is 5. The van der Waals surface area contributed by atoms with Gasteiger partial charge >= 0.3 is 20.4 Å². The van der Waals surface area contributed by atoms with E-state index in [0.29, 0.717) is 51.1 Å². The number of anilines is 7. The molecule has 12 aromatic rings. The van der Waals surface area contributed by atoms with Crippen LogP contribution < -0.4 is 41.2 Å². The number of hydrogen-bond acceptors (Lipinski definition) is 19. The van der Waals surface area contributed by atoms with Crippen LogP contribution in [0.2, 0.25) is 10.0 Å². The van der Waals surface area contributed by atoms with E-state index < -0.39 is 31.8 Å². The molecule has 642 valence electrons. The summed E-state index contributed by atoms with van der Waals surface area (Å²) in [7, 11) is -6.91. The van der Waals surface area contributed by atoms with E-state index in [1.807, 2.05) is 181 Å². The SMILES string of the molecule is CC(C)(C)N1c2ccccc2NS1(=O)=O.CC(C)(C)c1[nH]c(=O)cc2ccccc12.CC(C)(C)c1[nH]nc2ccccc12.CC(C)(C)c1cc(O)cc(F)c1Cl.CC(C)(C)c1cn[nH]c1.CC(C)(C)c1nc(N)nc2ccccc12.CC(C)(C)c1nc(N)ncc1Cl.CC(C)(C)c1ncnc2c1NS(=O)(=O)N2.Cc1cnc(N)nc1C(C)(C)C. The van der Waals surface area contributed by atoms with Crippen LogP contribution in [0.5, 0.6) is 5.75 Å². The molecule has 0 spiro atoms. The molecule has 0 amide bonds. The summed E-state index contributed by atoms with van der Waals surface area (Å²) in [5, 5.41) is 28.3. The normalized spacial score (nSPS) is 13.5. The van der Waals surface area contributed by atoms with Crippen molar-refractivity contribution in [3.63, 3.8) is 0 Å². The fourth-order valence-corrected chi connectivity index (χ4v) is 15.5. The number of benzene rings is 5. The van der Waals surface area contributed by atoms with E-state index >= 15 is 0 Å². The van der Waals surface area contributed by atoms with Gasteiger partial charge in [-0.15, -0.1) is 0 Å². The van der Waals surface area contributed by atoms with Crippen LogP contribution in [0.25, 0.3) is 32.6 Å². The van der Waals surface area contributed by atoms with Crippen LogP contribution >= 0.6 is 23.2 Å². The molecule has 0 fully saturated rings. The maximum absolute atomic E-state index is 13.1. The van der Waals surface area contributed by atoms with Gasteiger partial charge in [-0.1, -0.05) is 262 Å². The van der Waals surface area contributed by atoms with Gasteiger partial charge in [0.2, 0.25) is 23.4 Å². The monoisotopic (exact) mass is 1710 g/mol. The van der Waals surface area contributed by atoms with E-state index in [2.05, 4.69) is 189 Å². The largest absolute Gasteiger partial charge is 0.508 e. The van der Waals surface area contributed by atoms with Crippen LogP contribution in [0.15, 0.2) is 151 Å². The number of aromatic amines is 3. The quantitative estimate of drug-likeness (QED) is 0.0674. The molecule has 2 aliphatic rings. The number of rotatable bonds is 0. The zero-order valence-corrected chi connectivity index (χ0v) is 77.1. The first-order valence-corrected chi connectivity index (χ1v) is 42.3. The fourth-order valence-electron chi connectivity index (χ4n) is 12.1. The van der Waals surface area contributed by atoms with Crippen molar-refractivity contribution in [1.82, 2.24) is 65.3 Å². The van der Waals surface area contributed by atoms with Crippen LogP contribution in [0.4, 0.5) is 45.1 Å². The lowest BCUT2D eigenvalue weighted by molar-refractivity contribution is 0.463. The maximum atomic E-state index is 13.1. The highest BCUT2D eigenvalue weighted by atomic mass is 35.5. The van der Waals surface area contributed by atoms with Crippen molar-refractivity contribution >= 4 is 117 Å². The average molecular weight is 1710 g/mol. The number of nitrogens with one attached hydrogen (secondary N) is 6. The summed E-state index contributed by atoms with van der Waals surface area (Å²) in [6.45, 7) is 57.4. The molecule has 0 saturated carbocycles. The molecule has 119 heavy (non-hydrogen) atoms. The average Bonchev–Trinajstić information content (AvgIpc) is 1.58. The molecule has 2 aliphatic heterocycles. The highest BCUT2D eigenvalue weighted by Crippen LogP contribution is 2.41. The Kier molecular flexibility index (Phi) is 30.9. The number of pyridine rings is 1. The zero-order valence-electron chi connectivity index (χ0n) is 73.9. The van der Waals surface area contributed by atoms with Crippen molar-refractivity contribution in [3.05, 3.63) is 223 Å². The number of phenolic OH excluding ortho intramolecular Hbond substituents is 1. The topological polar surface area (TPSA) is 399 Å². The lowest BCUT2D eigenvalue weighted by Gasteiger charge is -2.31. The Labute approximate surface area is 711 Å². The Bertz CT molecular complexity index is 5700. The van der Waals surface area contributed by atoms with Crippen molar-refractivity contribution in [1.29, 1.82) is 0 Å². The molecule has 13 N–H and O–H groups in total. The second-order valence-corrected chi connectivity index (χ2v) is 41.6. The Morgan fingerprint density at radius 2 is 1.00 bits per heavy atom. The van der Waals surface area contributed by atoms with E-state index in [-0.39, 0.29) is 65.6 Å². The van der Waals surface area contributed by atoms with Gasteiger partial charge in [0, 0.05) is 90.1 Å². The number of nitrogen functional groups attached to an aromatic ring is 3. The van der Waals surface area contributed by atoms with Crippen molar-refractivity contribution in [2.45, 2.75) is 243 Å². The summed E-state index contributed by atoms with van der Waals surface area (Å²) in [4.78, 5) is 47.0. The minimum atomic E-state index is -3.49. The van der Waals surface area contributed by atoms with Crippen LogP contribution in [0.3, 0.4) is 0 Å². The fraction of sp³-hybridized carbons (Fsp3) is 0.420. The number of aromatic nitrogens is 13. The molecule has 7 aromatic heterocycles. The van der Waals surface area contributed by atoms with Gasteiger partial charge in [-0.25, -0.2) is 53.3 Å². The molecule has 26 nitrogen and oxygen atoms in total. The van der Waals surface area contributed by atoms with Crippen molar-refractivity contribution in [2.24, 2.45) is 0 Å². The molecule has 0 aliphatic carbocycles. The van der Waals surface area contributed by atoms with Crippen molar-refractivity contribution in [3.8, 4) is 5.75 Å². The maximum Gasteiger partial charge on any atom is 0.324 e. The molecule has 9 heterocycles. The number of hydrogen-bond donors (Lipinski definition) is 10. The summed E-state index contributed by atoms with van der Waals surface area (Å²) < 4.78 is 68.0. The van der Waals surface area contributed by atoms with E-state index in [0.717, 1.165) is 61.6 Å². The Morgan fingerprint density at radius 3 is 1.51 bits per heavy atom. The minimum absolute atomic E-state index is 0.0172. The number of nitrogens with two attached hydrogens (primary N) is 3. The first kappa shape index (κ1) is 97.2. The molecular formula is C88H121Cl2FN20O6S2. The number of phenols is 1. The number of aryl methyl sites for hydroxylation is 1. The molecule has 0 unspecified atom stereocenters. The predicted octanol–water partition coefficient (Wildman–Crippen LogP) is 19.9. The van der Waals surface area contributed by atoms with Gasteiger partial charge in [-0.3, -0.25) is 24.4 Å². The van der Waals surface area contributed by atoms with E-state index in [9.17, 15) is 31.1 Å². The lowest BCUT2D eigenvalue weighted by atomic mass is 9.87. The van der Waals surface area contributed by atoms with E-state index in [1.165, 1.54) is 39.5 Å². The molecular weight excluding hydrogens is 1590 g/mol. The van der Waals surface area contributed by atoms with Crippen LogP contribution in [-0.2, 0) is 63.7 Å². The van der Waals surface area contributed by atoms with Crippen LogP contribution in [0.1, 0.15) is 238 Å². The first-order chi connectivity index (χ1) is 54.4. The Morgan fingerprint density at radius 1 is 0.487 bits per heavy atom. The third-order valence-corrected chi connectivity index (χ3v) is 21.0. The molecule has 31 heteroatoms. The standard InChI is InChI=1S/C13H15NO.C12H15N3.C11H14N2.C10H12ClFO.C10H14N2O2S.C9H15N3.C8H12ClN3.C8H12N4O2S.C7H12N2/c1-13(2,3)12-10-7-5-4-6-9(10)8-11(15)14-12;1-12(2,3)10-8-6-4-5-7-9(8)14-11(13)15-10;1-11(2,3)10-8-6-4-5-7-9(8)12-13-10;1-10(2,3)7-4-6(13)5-8(12)9(7)11;1-10(2,3)12-9-7-5-4-6-8(9)11-15(12,13)14;1-6-5-11-8(10)12-7(6)9(2,3)4;1-8(2,3)6-5(9)4-11-7(10)12-6;1-8(2,3)6-5-7(10-4-9-6)12-15(13,14)11-5;1-7(2,3)6-4-8-9-5-6/h4-8H,1-3H3,(H,14,15);4-7H,1-3H3,(H2,13,14,15);4-7H,1-3H3,(H,12,13);4-5,13H,1-3H3;4-7,11H,1-3H3;5H,1-4H3,(H2,10,11,12);4H,1-3H3,(H2,10,11,12);4,11H,1-3H3,(H,9,10,12);4-5H,1-3H3,(H,8,9). The number of halogens is 3. The van der Waals surface area contributed by atoms with Crippen molar-refractivity contribution < 1.29 is 26.3 Å². The summed E-state index contributed by atoms with van der Waals surface area (Å²) >= 11 is 11.7. The van der Waals surface area contributed by atoms with E-state index in [4.69, 9.17) is 40.4 Å². The second kappa shape index (κ2) is 37.8. The summed E-state index contributed by atoms with van der Waals surface area (Å²) in [6, 6.07) is 35.5. The molecule has 5 aromatic carbocycles. The van der Waals surface area contributed by atoms with Crippen molar-refractivity contribution in [2.75, 3.05) is 35.7 Å². The third-order valence-electron chi connectivity index (χ3n) is 17.7. The Balaban J connectivity index is 0.000000208. The molecule has 14 rings (SSSR count). The van der Waals surface area contributed by atoms with Gasteiger partial charge in [0.15, 0.2) is 5.82 Å². The van der Waals surface area contributed by atoms with Gasteiger partial charge in [0.25, 0.3) is 0 Å². The van der Waals surface area contributed by atoms with Crippen LogP contribution in [-0.4, -0.2) is 92.7 Å². The number of nitrogens with zero attached hydrogens (tertiary/aromatic N) is 11. The first-order valence-electron chi connectivity index (χ1n) is 38.6. The number of H-pyrrole nitrogens is 3. The zero-order chi connectivity index (χ0) is 90.0.